The molecule has 3 aliphatic carbocycles. The summed E-state index contributed by atoms with van der Waals surface area (Å²) < 4.78 is 0. The molecule has 0 amide bonds. The van der Waals surface area contributed by atoms with Crippen molar-refractivity contribution in [1.29, 1.82) is 0 Å². The average molecular weight is 224 g/mol. The van der Waals surface area contributed by atoms with Crippen LogP contribution < -0.4 is 5.73 Å². The second kappa shape index (κ2) is 4.02. The van der Waals surface area contributed by atoms with Crippen molar-refractivity contribution in [1.82, 2.24) is 0 Å². The van der Waals surface area contributed by atoms with Crippen LogP contribution in [0.15, 0.2) is 5.16 Å². The zero-order valence-electron chi connectivity index (χ0n) is 10.9. The van der Waals surface area contributed by atoms with Gasteiger partial charge < -0.3 is 10.6 Å². The van der Waals surface area contributed by atoms with Gasteiger partial charge in [-0.25, -0.2) is 0 Å². The highest BCUT2D eigenvalue weighted by Gasteiger charge is 2.57. The lowest BCUT2D eigenvalue weighted by Crippen LogP contribution is -2.58. The van der Waals surface area contributed by atoms with Crippen molar-refractivity contribution in [3.63, 3.8) is 0 Å². The van der Waals surface area contributed by atoms with E-state index in [0.717, 1.165) is 24.1 Å². The van der Waals surface area contributed by atoms with Crippen LogP contribution in [0.1, 0.15) is 33.6 Å². The predicted molar refractivity (Wildman–Crippen MR) is 66.1 cm³/mol. The summed E-state index contributed by atoms with van der Waals surface area (Å²) in [4.78, 5) is 4.93. The summed E-state index contributed by atoms with van der Waals surface area (Å²) in [5, 5.41) is 4.15. The number of hydrogen-bond donors (Lipinski definition) is 1. The largest absolute Gasteiger partial charge is 0.399 e. The maximum Gasteiger partial charge on any atom is 0.106 e. The summed E-state index contributed by atoms with van der Waals surface area (Å²) in [5.41, 5.74) is 7.51. The summed E-state index contributed by atoms with van der Waals surface area (Å²) in [5.74, 6) is 2.76. The third kappa shape index (κ3) is 1.56. The summed E-state index contributed by atoms with van der Waals surface area (Å²) in [7, 11) is 1.62. The van der Waals surface area contributed by atoms with Gasteiger partial charge in [-0.3, -0.25) is 0 Å². The van der Waals surface area contributed by atoms with E-state index in [1.54, 1.807) is 7.11 Å². The van der Waals surface area contributed by atoms with Crippen molar-refractivity contribution >= 4 is 5.71 Å². The minimum Gasteiger partial charge on any atom is -0.399 e. The highest BCUT2D eigenvalue weighted by molar-refractivity contribution is 5.85. The molecule has 0 aromatic carbocycles. The fourth-order valence-electron chi connectivity index (χ4n) is 3.99. The van der Waals surface area contributed by atoms with Crippen LogP contribution in [-0.2, 0) is 4.84 Å². The molecule has 3 aliphatic rings. The van der Waals surface area contributed by atoms with Crippen molar-refractivity contribution < 1.29 is 4.84 Å². The summed E-state index contributed by atoms with van der Waals surface area (Å²) in [6.45, 7) is 7.66. The molecule has 3 saturated carbocycles. The number of oxime groups is 1. The van der Waals surface area contributed by atoms with Gasteiger partial charge in [-0.05, 0) is 49.5 Å². The zero-order chi connectivity index (χ0) is 11.9. The van der Waals surface area contributed by atoms with Gasteiger partial charge in [0.25, 0.3) is 0 Å². The molecule has 0 aliphatic heterocycles. The highest BCUT2D eigenvalue weighted by atomic mass is 16.6. The van der Waals surface area contributed by atoms with E-state index in [0.29, 0.717) is 17.3 Å². The molecule has 3 nitrogen and oxygen atoms in total. The third-order valence-electron chi connectivity index (χ3n) is 5.10. The van der Waals surface area contributed by atoms with E-state index in [1.807, 2.05) is 0 Å². The standard InChI is InChI=1S/C13H24N2O/c1-8(15-16-4)12-9(7-14)5-10-6-11(12)13(10,2)3/h9-12H,5-7,14H2,1-4H3. The smallest absolute Gasteiger partial charge is 0.106 e. The van der Waals surface area contributed by atoms with Crippen molar-refractivity contribution in [2.45, 2.75) is 33.6 Å². The van der Waals surface area contributed by atoms with Crippen LogP contribution in [-0.4, -0.2) is 19.4 Å². The number of hydrogen-bond acceptors (Lipinski definition) is 3. The molecule has 4 unspecified atom stereocenters. The number of rotatable bonds is 3. The van der Waals surface area contributed by atoms with Crippen molar-refractivity contribution in [3.05, 3.63) is 0 Å². The fraction of sp³-hybridized carbons (Fsp3) is 0.923. The summed E-state index contributed by atoms with van der Waals surface area (Å²) in [6.07, 6.45) is 2.62. The fourth-order valence-corrected chi connectivity index (χ4v) is 3.99. The molecule has 16 heavy (non-hydrogen) atoms. The second-order valence-corrected chi connectivity index (χ2v) is 6.03. The van der Waals surface area contributed by atoms with E-state index >= 15 is 0 Å². The van der Waals surface area contributed by atoms with Gasteiger partial charge in [-0.15, -0.1) is 0 Å². The van der Waals surface area contributed by atoms with Crippen LogP contribution in [0.4, 0.5) is 0 Å². The second-order valence-electron chi connectivity index (χ2n) is 6.03. The van der Waals surface area contributed by atoms with Crippen LogP contribution in [0.25, 0.3) is 0 Å². The third-order valence-corrected chi connectivity index (χ3v) is 5.10. The van der Waals surface area contributed by atoms with Gasteiger partial charge in [-0.1, -0.05) is 19.0 Å². The normalized spacial score (nSPS) is 41.4. The van der Waals surface area contributed by atoms with Gasteiger partial charge >= 0.3 is 0 Å². The van der Waals surface area contributed by atoms with Crippen LogP contribution in [0.2, 0.25) is 0 Å². The van der Waals surface area contributed by atoms with Crippen molar-refractivity contribution in [2.75, 3.05) is 13.7 Å². The van der Waals surface area contributed by atoms with Crippen LogP contribution in [0.3, 0.4) is 0 Å². The first-order valence-electron chi connectivity index (χ1n) is 6.30. The Morgan fingerprint density at radius 3 is 2.62 bits per heavy atom. The molecule has 0 aromatic heterocycles. The van der Waals surface area contributed by atoms with Gasteiger partial charge in [-0.2, -0.15) is 0 Å². The molecule has 4 atom stereocenters. The number of nitrogens with two attached hydrogens (primary N) is 1. The first-order valence-corrected chi connectivity index (χ1v) is 6.30. The van der Waals surface area contributed by atoms with E-state index < -0.39 is 0 Å². The average Bonchev–Trinajstić information content (AvgIpc) is 2.28. The first kappa shape index (κ1) is 11.9. The lowest BCUT2D eigenvalue weighted by molar-refractivity contribution is -0.111. The summed E-state index contributed by atoms with van der Waals surface area (Å²) in [6, 6.07) is 0. The van der Waals surface area contributed by atoms with Gasteiger partial charge in [0.2, 0.25) is 0 Å². The minimum absolute atomic E-state index is 0.473. The Kier molecular flexibility index (Phi) is 2.99. The molecule has 3 heteroatoms. The maximum atomic E-state index is 5.90. The molecule has 2 N–H and O–H groups in total. The van der Waals surface area contributed by atoms with Gasteiger partial charge in [0.05, 0.1) is 5.71 Å². The Bertz CT molecular complexity index is 298. The molecule has 3 fully saturated rings. The lowest BCUT2D eigenvalue weighted by Gasteiger charge is -2.62. The predicted octanol–water partition coefficient (Wildman–Crippen LogP) is 2.27. The van der Waals surface area contributed by atoms with E-state index in [2.05, 4.69) is 25.9 Å². The molecular weight excluding hydrogens is 200 g/mol. The van der Waals surface area contributed by atoms with E-state index in [-0.39, 0.29) is 0 Å². The Morgan fingerprint density at radius 1 is 1.44 bits per heavy atom. The molecule has 92 valence electrons. The van der Waals surface area contributed by atoms with E-state index in [4.69, 9.17) is 10.6 Å². The first-order chi connectivity index (χ1) is 7.52. The minimum atomic E-state index is 0.473. The molecule has 0 aromatic rings. The molecule has 2 bridgehead atoms. The molecule has 0 saturated heterocycles. The zero-order valence-corrected chi connectivity index (χ0v) is 10.9. The van der Waals surface area contributed by atoms with E-state index in [9.17, 15) is 0 Å². The van der Waals surface area contributed by atoms with E-state index in [1.165, 1.54) is 12.8 Å². The Labute approximate surface area is 98.4 Å². The lowest BCUT2D eigenvalue weighted by atomic mass is 9.42. The monoisotopic (exact) mass is 224 g/mol. The molecule has 0 spiro atoms. The highest BCUT2D eigenvalue weighted by Crippen LogP contribution is 2.63. The van der Waals surface area contributed by atoms with Gasteiger partial charge in [0.1, 0.15) is 7.11 Å². The molecular formula is C13H24N2O. The van der Waals surface area contributed by atoms with Crippen molar-refractivity contribution in [3.8, 4) is 0 Å². The van der Waals surface area contributed by atoms with Crippen LogP contribution in [0.5, 0.6) is 0 Å². The SMILES string of the molecule is CON=C(C)C1C(CN)CC2CC1C2(C)C. The maximum absolute atomic E-state index is 5.90. The number of nitrogens with zero attached hydrogens (tertiary/aromatic N) is 1. The quantitative estimate of drug-likeness (QED) is 0.590. The van der Waals surface area contributed by atoms with Gasteiger partial charge in [0, 0.05) is 5.92 Å². The molecule has 3 rings (SSSR count). The topological polar surface area (TPSA) is 47.6 Å². The van der Waals surface area contributed by atoms with Crippen LogP contribution in [0, 0.1) is 29.1 Å². The summed E-state index contributed by atoms with van der Waals surface area (Å²) >= 11 is 0. The van der Waals surface area contributed by atoms with Crippen molar-refractivity contribution in [2.24, 2.45) is 40.0 Å². The number of fused-ring (bicyclic) bond motifs is 2. The van der Waals surface area contributed by atoms with Crippen LogP contribution >= 0.6 is 0 Å². The molecule has 0 radical (unpaired) electrons. The Morgan fingerprint density at radius 2 is 2.12 bits per heavy atom. The Hall–Kier alpha value is -0.570. The molecule has 0 heterocycles. The Balaban J connectivity index is 2.21. The van der Waals surface area contributed by atoms with Gasteiger partial charge in [0.15, 0.2) is 0 Å².